The first kappa shape index (κ1) is 10.9. The topological polar surface area (TPSA) is 0 Å². The molecule has 0 aliphatic carbocycles. The molecule has 0 fully saturated rings. The van der Waals surface area contributed by atoms with Crippen molar-refractivity contribution in [3.8, 4) is 0 Å². The molecular weight excluding hydrogens is 310 g/mol. The van der Waals surface area contributed by atoms with E-state index in [1.54, 1.807) is 0 Å². The van der Waals surface area contributed by atoms with Crippen LogP contribution in [0.3, 0.4) is 0 Å². The zero-order valence-corrected chi connectivity index (χ0v) is 9.87. The van der Waals surface area contributed by atoms with Gasteiger partial charge in [-0.25, -0.2) is 4.39 Å². The zero-order valence-electron chi connectivity index (χ0n) is 6.13. The van der Waals surface area contributed by atoms with Crippen LogP contribution >= 0.6 is 38.5 Å². The first-order chi connectivity index (χ1) is 4.63. The third kappa shape index (κ3) is 3.32. The Labute approximate surface area is 83.5 Å². The second-order valence-corrected chi connectivity index (χ2v) is 3.93. The minimum Gasteiger partial charge on any atom is -0.229 e. The minimum absolute atomic E-state index is 0.808. The fraction of sp³-hybridized carbons (Fsp3) is 0.714. The molecule has 10 heavy (non-hydrogen) atoms. The van der Waals surface area contributed by atoms with E-state index in [1.807, 2.05) is 13.8 Å². The summed E-state index contributed by atoms with van der Waals surface area (Å²) in [5, 5.41) is -0.969. The summed E-state index contributed by atoms with van der Waals surface area (Å²) in [5.41, 5.74) is 1.20. The zero-order chi connectivity index (χ0) is 8.15. The van der Waals surface area contributed by atoms with Crippen LogP contribution in [0.4, 0.5) is 4.39 Å². The van der Waals surface area contributed by atoms with E-state index in [9.17, 15) is 4.39 Å². The van der Waals surface area contributed by atoms with E-state index in [-0.39, 0.29) is 0 Å². The van der Waals surface area contributed by atoms with Crippen LogP contribution in [-0.4, -0.2) is 5.08 Å². The molecule has 60 valence electrons. The first-order valence-corrected chi connectivity index (χ1v) is 5.28. The maximum atomic E-state index is 12.6. The molecular formula is C7H11BrFI. The van der Waals surface area contributed by atoms with Gasteiger partial charge in [-0.3, -0.25) is 0 Å². The van der Waals surface area contributed by atoms with E-state index < -0.39 is 5.08 Å². The predicted molar refractivity (Wildman–Crippen MR) is 55.5 cm³/mol. The highest BCUT2D eigenvalue weighted by Gasteiger charge is 2.08. The van der Waals surface area contributed by atoms with Crippen LogP contribution in [0.25, 0.3) is 0 Å². The fourth-order valence-electron chi connectivity index (χ4n) is 0.742. The van der Waals surface area contributed by atoms with Crippen molar-refractivity contribution < 1.29 is 4.39 Å². The predicted octanol–water partition coefficient (Wildman–Crippen LogP) is 4.19. The molecule has 0 aromatic carbocycles. The molecule has 0 heterocycles. The summed E-state index contributed by atoms with van der Waals surface area (Å²) in [6, 6.07) is 0. The van der Waals surface area contributed by atoms with Gasteiger partial charge in [0.1, 0.15) is 0 Å². The number of rotatable bonds is 3. The fourth-order valence-corrected chi connectivity index (χ4v) is 1.83. The van der Waals surface area contributed by atoms with Crippen molar-refractivity contribution in [1.82, 2.24) is 0 Å². The smallest absolute Gasteiger partial charge is 0.185 e. The molecule has 1 atom stereocenters. The molecule has 0 aliphatic rings. The largest absolute Gasteiger partial charge is 0.229 e. The van der Waals surface area contributed by atoms with E-state index in [1.165, 1.54) is 5.57 Å². The van der Waals surface area contributed by atoms with Crippen molar-refractivity contribution in [1.29, 1.82) is 0 Å². The van der Waals surface area contributed by atoms with Crippen LogP contribution < -0.4 is 0 Å². The molecule has 0 amide bonds. The van der Waals surface area contributed by atoms with Crippen LogP contribution in [0, 0.1) is 0 Å². The van der Waals surface area contributed by atoms with Crippen molar-refractivity contribution in [3.63, 3.8) is 0 Å². The summed E-state index contributed by atoms with van der Waals surface area (Å²) in [5.74, 6) is 0. The van der Waals surface area contributed by atoms with Gasteiger partial charge in [0, 0.05) is 3.58 Å². The SMILES string of the molecule is CCC(CC)=C(I)C(F)Br. The van der Waals surface area contributed by atoms with Crippen LogP contribution in [0.2, 0.25) is 0 Å². The maximum Gasteiger partial charge on any atom is 0.185 e. The number of hydrogen-bond acceptors (Lipinski definition) is 0. The molecule has 0 rings (SSSR count). The highest BCUT2D eigenvalue weighted by molar-refractivity contribution is 14.1. The van der Waals surface area contributed by atoms with Crippen LogP contribution in [0.5, 0.6) is 0 Å². The summed E-state index contributed by atoms with van der Waals surface area (Å²) in [6.45, 7) is 4.10. The van der Waals surface area contributed by atoms with Crippen LogP contribution in [-0.2, 0) is 0 Å². The quantitative estimate of drug-likeness (QED) is 0.540. The van der Waals surface area contributed by atoms with E-state index in [0.717, 1.165) is 16.4 Å². The molecule has 1 unspecified atom stereocenters. The molecule has 0 aromatic rings. The molecule has 0 bridgehead atoms. The van der Waals surface area contributed by atoms with Crippen LogP contribution in [0.1, 0.15) is 26.7 Å². The molecule has 0 aliphatic heterocycles. The molecule has 0 N–H and O–H groups in total. The Balaban J connectivity index is 4.27. The van der Waals surface area contributed by atoms with Gasteiger partial charge in [-0.05, 0) is 51.4 Å². The van der Waals surface area contributed by atoms with Gasteiger partial charge < -0.3 is 0 Å². The van der Waals surface area contributed by atoms with Crippen molar-refractivity contribution in [2.45, 2.75) is 31.8 Å². The van der Waals surface area contributed by atoms with Crippen molar-refractivity contribution in [3.05, 3.63) is 9.15 Å². The maximum absolute atomic E-state index is 12.6. The molecule has 0 saturated carbocycles. The number of allylic oxidation sites excluding steroid dienone is 2. The van der Waals surface area contributed by atoms with Gasteiger partial charge >= 0.3 is 0 Å². The average Bonchev–Trinajstić information content (AvgIpc) is 1.90. The minimum atomic E-state index is -0.969. The number of halogens is 3. The Hall–Kier alpha value is 0.880. The second-order valence-electron chi connectivity index (χ2n) is 1.96. The highest BCUT2D eigenvalue weighted by Crippen LogP contribution is 2.27. The third-order valence-electron chi connectivity index (χ3n) is 1.38. The van der Waals surface area contributed by atoms with Crippen molar-refractivity contribution in [2.75, 3.05) is 0 Å². The standard InChI is InChI=1S/C7H11BrFI/c1-3-5(4-2)6(10)7(8)9/h7H,3-4H2,1-2H3. The summed E-state index contributed by atoms with van der Waals surface area (Å²) in [7, 11) is 0. The van der Waals surface area contributed by atoms with Crippen molar-refractivity contribution in [2.24, 2.45) is 0 Å². The van der Waals surface area contributed by atoms with E-state index in [0.29, 0.717) is 0 Å². The van der Waals surface area contributed by atoms with Gasteiger partial charge in [-0.2, -0.15) is 0 Å². The lowest BCUT2D eigenvalue weighted by molar-refractivity contribution is 0.523. The Morgan fingerprint density at radius 1 is 1.50 bits per heavy atom. The van der Waals surface area contributed by atoms with E-state index in [4.69, 9.17) is 0 Å². The number of alkyl halides is 2. The average molecular weight is 321 g/mol. The van der Waals surface area contributed by atoms with Crippen LogP contribution in [0.15, 0.2) is 9.15 Å². The summed E-state index contributed by atoms with van der Waals surface area (Å²) >= 11 is 4.94. The van der Waals surface area contributed by atoms with Gasteiger partial charge in [0.25, 0.3) is 0 Å². The monoisotopic (exact) mass is 320 g/mol. The lowest BCUT2D eigenvalue weighted by Crippen LogP contribution is -1.91. The second kappa shape index (κ2) is 5.52. The van der Waals surface area contributed by atoms with E-state index >= 15 is 0 Å². The van der Waals surface area contributed by atoms with Gasteiger partial charge in [0.15, 0.2) is 5.08 Å². The first-order valence-electron chi connectivity index (χ1n) is 3.29. The molecule has 0 aromatic heterocycles. The summed E-state index contributed by atoms with van der Waals surface area (Å²) in [4.78, 5) is 0. The lowest BCUT2D eigenvalue weighted by atomic mass is 10.1. The summed E-state index contributed by atoms with van der Waals surface area (Å²) in [6.07, 6.45) is 1.89. The molecule has 0 nitrogen and oxygen atoms in total. The van der Waals surface area contributed by atoms with Gasteiger partial charge in [0.2, 0.25) is 0 Å². The number of hydrogen-bond donors (Lipinski definition) is 0. The third-order valence-corrected chi connectivity index (χ3v) is 4.01. The normalized spacial score (nSPS) is 12.9. The highest BCUT2D eigenvalue weighted by atomic mass is 127. The Kier molecular flexibility index (Phi) is 6.01. The van der Waals surface area contributed by atoms with Gasteiger partial charge in [-0.1, -0.05) is 19.4 Å². The Bertz CT molecular complexity index is 126. The molecule has 0 saturated heterocycles. The summed E-state index contributed by atoms with van der Waals surface area (Å²) < 4.78 is 13.4. The molecule has 0 spiro atoms. The van der Waals surface area contributed by atoms with Crippen molar-refractivity contribution >= 4 is 38.5 Å². The van der Waals surface area contributed by atoms with Gasteiger partial charge in [0.05, 0.1) is 0 Å². The molecule has 0 radical (unpaired) electrons. The Morgan fingerprint density at radius 3 is 2.00 bits per heavy atom. The van der Waals surface area contributed by atoms with E-state index in [2.05, 4.69) is 38.5 Å². The molecule has 3 heteroatoms. The van der Waals surface area contributed by atoms with Gasteiger partial charge in [-0.15, -0.1) is 0 Å². The Morgan fingerprint density at radius 2 is 1.90 bits per heavy atom. The lowest BCUT2D eigenvalue weighted by Gasteiger charge is -2.05.